The number of nitrogens with zero attached hydrogens (tertiary/aromatic N) is 7. The quantitative estimate of drug-likeness (QED) is 0.322. The lowest BCUT2D eigenvalue weighted by Gasteiger charge is -2.02. The summed E-state index contributed by atoms with van der Waals surface area (Å²) in [6.45, 7) is 0.717. The lowest BCUT2D eigenvalue weighted by molar-refractivity contribution is 0.126. The van der Waals surface area contributed by atoms with Crippen molar-refractivity contribution < 1.29 is 9.23 Å². The first kappa shape index (κ1) is 17.9. The molecule has 0 unspecified atom stereocenters. The minimum atomic E-state index is -0.297. The average molecular weight is 401 g/mol. The predicted molar refractivity (Wildman–Crippen MR) is 108 cm³/mol. The van der Waals surface area contributed by atoms with Gasteiger partial charge in [0.25, 0.3) is 0 Å². The van der Waals surface area contributed by atoms with E-state index in [1.54, 1.807) is 29.2 Å². The highest BCUT2D eigenvalue weighted by atomic mass is 19.1. The van der Waals surface area contributed by atoms with Gasteiger partial charge in [0.1, 0.15) is 12.1 Å². The minimum Gasteiger partial charge on any atom is -0.387 e. The van der Waals surface area contributed by atoms with E-state index in [-0.39, 0.29) is 12.4 Å². The Morgan fingerprint density at radius 2 is 1.87 bits per heavy atom. The number of fused-ring (bicyclic) bond motifs is 3. The second-order valence-electron chi connectivity index (χ2n) is 6.63. The summed E-state index contributed by atoms with van der Waals surface area (Å²) in [6, 6.07) is 16.0. The second kappa shape index (κ2) is 7.70. The summed E-state index contributed by atoms with van der Waals surface area (Å²) in [7, 11) is 0. The van der Waals surface area contributed by atoms with Gasteiger partial charge in [-0.3, -0.25) is 0 Å². The lowest BCUT2D eigenvalue weighted by Crippen LogP contribution is -2.03. The second-order valence-corrected chi connectivity index (χ2v) is 6.63. The van der Waals surface area contributed by atoms with Gasteiger partial charge in [-0.2, -0.15) is 5.10 Å². The molecule has 9 heteroatoms. The molecule has 0 aliphatic heterocycles. The molecular weight excluding hydrogens is 385 g/mol. The number of hydrogen-bond donors (Lipinski definition) is 0. The number of benzene rings is 2. The van der Waals surface area contributed by atoms with Crippen molar-refractivity contribution in [3.8, 4) is 0 Å². The Morgan fingerprint density at radius 3 is 2.70 bits per heavy atom. The van der Waals surface area contributed by atoms with Crippen LogP contribution >= 0.6 is 0 Å². The number of hydrogen-bond acceptors (Lipinski definition) is 6. The topological polar surface area (TPSA) is 82.5 Å². The maximum Gasteiger partial charge on any atom is 0.192 e. The van der Waals surface area contributed by atoms with Gasteiger partial charge in [-0.1, -0.05) is 47.6 Å². The van der Waals surface area contributed by atoms with Gasteiger partial charge in [0.05, 0.1) is 24.3 Å². The van der Waals surface area contributed by atoms with E-state index in [2.05, 4.69) is 25.3 Å². The molecule has 0 saturated carbocycles. The molecule has 0 aliphatic rings. The first-order valence-corrected chi connectivity index (χ1v) is 9.27. The molecule has 0 fully saturated rings. The maximum atomic E-state index is 12.9. The summed E-state index contributed by atoms with van der Waals surface area (Å²) in [5.74, 6) is 0.172. The van der Waals surface area contributed by atoms with Crippen molar-refractivity contribution in [2.75, 3.05) is 0 Å². The van der Waals surface area contributed by atoms with Crippen molar-refractivity contribution in [1.82, 2.24) is 29.4 Å². The monoisotopic (exact) mass is 401 g/mol. The molecule has 148 valence electrons. The lowest BCUT2D eigenvalue weighted by atomic mass is 10.2. The zero-order chi connectivity index (χ0) is 20.3. The third kappa shape index (κ3) is 3.60. The summed E-state index contributed by atoms with van der Waals surface area (Å²) >= 11 is 0. The Kier molecular flexibility index (Phi) is 4.60. The van der Waals surface area contributed by atoms with E-state index in [1.807, 2.05) is 35.0 Å². The van der Waals surface area contributed by atoms with Crippen LogP contribution in [0, 0.1) is 5.82 Å². The minimum absolute atomic E-state index is 0.0963. The van der Waals surface area contributed by atoms with Gasteiger partial charge >= 0.3 is 0 Å². The van der Waals surface area contributed by atoms with Crippen molar-refractivity contribution >= 4 is 22.9 Å². The Labute approximate surface area is 170 Å². The van der Waals surface area contributed by atoms with Crippen LogP contribution in [-0.2, 0) is 18.0 Å². The van der Waals surface area contributed by atoms with Gasteiger partial charge in [-0.15, -0.1) is 5.10 Å². The van der Waals surface area contributed by atoms with Crippen LogP contribution in [0.15, 0.2) is 72.3 Å². The molecule has 30 heavy (non-hydrogen) atoms. The van der Waals surface area contributed by atoms with Crippen LogP contribution in [0.3, 0.4) is 0 Å². The molecule has 0 saturated heterocycles. The molecule has 2 aromatic carbocycles. The molecule has 0 bridgehead atoms. The van der Waals surface area contributed by atoms with E-state index in [0.717, 1.165) is 22.2 Å². The zero-order valence-electron chi connectivity index (χ0n) is 15.8. The van der Waals surface area contributed by atoms with E-state index in [1.165, 1.54) is 18.3 Å². The van der Waals surface area contributed by atoms with Crippen LogP contribution in [0.5, 0.6) is 0 Å². The molecule has 0 aliphatic carbocycles. The molecule has 5 aromatic rings. The van der Waals surface area contributed by atoms with E-state index in [9.17, 15) is 4.39 Å². The third-order valence-corrected chi connectivity index (χ3v) is 4.53. The largest absolute Gasteiger partial charge is 0.387 e. The van der Waals surface area contributed by atoms with Gasteiger partial charge in [0, 0.05) is 0 Å². The standard InChI is InChI=1S/C21H16FN7O/c22-17-8-6-15(7-9-17)10-25-30-13-19-26-21-18-11-24-28(12-16-4-2-1-3-5-16)20(18)23-14-29(21)27-19/h1-11,14H,12-13H2/b25-10-. The first-order chi connectivity index (χ1) is 14.8. The number of halogens is 1. The Bertz CT molecular complexity index is 1330. The van der Waals surface area contributed by atoms with E-state index in [0.29, 0.717) is 18.0 Å². The van der Waals surface area contributed by atoms with Gasteiger partial charge in [0.15, 0.2) is 23.7 Å². The highest BCUT2D eigenvalue weighted by molar-refractivity contribution is 5.88. The third-order valence-electron chi connectivity index (χ3n) is 4.53. The van der Waals surface area contributed by atoms with Crippen LogP contribution in [0.25, 0.3) is 16.7 Å². The summed E-state index contributed by atoms with van der Waals surface area (Å²) in [4.78, 5) is 14.3. The highest BCUT2D eigenvalue weighted by Gasteiger charge is 2.13. The normalized spacial score (nSPS) is 11.6. The van der Waals surface area contributed by atoms with Crippen molar-refractivity contribution in [3.63, 3.8) is 0 Å². The summed E-state index contributed by atoms with van der Waals surface area (Å²) in [5.41, 5.74) is 3.26. The van der Waals surface area contributed by atoms with Gasteiger partial charge in [-0.25, -0.2) is 23.6 Å². The molecular formula is C21H16FN7O. The number of aromatic nitrogens is 6. The smallest absolute Gasteiger partial charge is 0.192 e. The molecule has 0 radical (unpaired) electrons. The Balaban J connectivity index is 1.34. The summed E-state index contributed by atoms with van der Waals surface area (Å²) < 4.78 is 16.3. The molecule has 0 spiro atoms. The van der Waals surface area contributed by atoms with Crippen molar-refractivity contribution in [2.24, 2.45) is 5.16 Å². The zero-order valence-corrected chi connectivity index (χ0v) is 15.8. The van der Waals surface area contributed by atoms with Crippen LogP contribution in [0.1, 0.15) is 17.0 Å². The fourth-order valence-corrected chi connectivity index (χ4v) is 3.09. The molecule has 0 amide bonds. The Hall–Kier alpha value is -4.14. The van der Waals surface area contributed by atoms with Crippen LogP contribution in [0.2, 0.25) is 0 Å². The first-order valence-electron chi connectivity index (χ1n) is 9.27. The van der Waals surface area contributed by atoms with E-state index >= 15 is 0 Å². The van der Waals surface area contributed by atoms with Gasteiger partial charge < -0.3 is 4.84 Å². The van der Waals surface area contributed by atoms with E-state index < -0.39 is 0 Å². The predicted octanol–water partition coefficient (Wildman–Crippen LogP) is 3.21. The maximum absolute atomic E-state index is 12.9. The molecule has 3 heterocycles. The van der Waals surface area contributed by atoms with Crippen LogP contribution in [0.4, 0.5) is 4.39 Å². The summed E-state index contributed by atoms with van der Waals surface area (Å²) in [6.07, 6.45) is 4.86. The van der Waals surface area contributed by atoms with E-state index in [4.69, 9.17) is 4.84 Å². The molecule has 0 atom stereocenters. The fraction of sp³-hybridized carbons (Fsp3) is 0.0952. The van der Waals surface area contributed by atoms with Gasteiger partial charge in [-0.05, 0) is 23.3 Å². The average Bonchev–Trinajstić information content (AvgIpc) is 3.37. The van der Waals surface area contributed by atoms with Gasteiger partial charge in [0.2, 0.25) is 0 Å². The number of oxime groups is 1. The molecule has 3 aromatic heterocycles. The SMILES string of the molecule is Fc1ccc(/C=N\OCc2nc3c4cnn(Cc5ccccc5)c4ncn3n2)cc1. The summed E-state index contributed by atoms with van der Waals surface area (Å²) in [5, 5.41) is 13.5. The molecule has 5 rings (SSSR count). The number of rotatable bonds is 6. The van der Waals surface area contributed by atoms with Crippen molar-refractivity contribution in [2.45, 2.75) is 13.2 Å². The van der Waals surface area contributed by atoms with Crippen LogP contribution in [-0.4, -0.2) is 35.6 Å². The van der Waals surface area contributed by atoms with Crippen molar-refractivity contribution in [3.05, 3.63) is 89.9 Å². The van der Waals surface area contributed by atoms with Crippen molar-refractivity contribution in [1.29, 1.82) is 0 Å². The van der Waals surface area contributed by atoms with Crippen LogP contribution < -0.4 is 0 Å². The highest BCUT2D eigenvalue weighted by Crippen LogP contribution is 2.17. The molecule has 8 nitrogen and oxygen atoms in total. The Morgan fingerprint density at radius 1 is 1.03 bits per heavy atom. The molecule has 0 N–H and O–H groups in total. The fourth-order valence-electron chi connectivity index (χ4n) is 3.09.